The highest BCUT2D eigenvalue weighted by Crippen LogP contribution is 2.30. The fourth-order valence-electron chi connectivity index (χ4n) is 2.13. The molecule has 0 saturated heterocycles. The van der Waals surface area contributed by atoms with Crippen LogP contribution in [0.15, 0.2) is 35.8 Å². The molecule has 5 heteroatoms. The Balaban J connectivity index is 1.57. The average Bonchev–Trinajstić information content (AvgIpc) is 2.91. The zero-order valence-corrected chi connectivity index (χ0v) is 11.6. The molecule has 2 aromatic rings. The van der Waals surface area contributed by atoms with Gasteiger partial charge in [0.15, 0.2) is 11.5 Å². The van der Waals surface area contributed by atoms with E-state index in [0.717, 1.165) is 29.6 Å². The SMILES string of the molecule is CN(Cc1nccs1)C[C@H]1COc2ccccc2O1. The topological polar surface area (TPSA) is 34.6 Å². The number of ether oxygens (including phenoxy) is 2. The zero-order chi connectivity index (χ0) is 13.1. The molecule has 0 unspecified atom stereocenters. The largest absolute Gasteiger partial charge is 0.486 e. The molecule has 100 valence electrons. The molecule has 1 atom stereocenters. The molecule has 1 aliphatic rings. The number of para-hydroxylation sites is 2. The van der Waals surface area contributed by atoms with Crippen LogP contribution in [0.4, 0.5) is 0 Å². The third-order valence-electron chi connectivity index (χ3n) is 2.97. The first-order valence-corrected chi connectivity index (χ1v) is 7.14. The van der Waals surface area contributed by atoms with Gasteiger partial charge in [-0.15, -0.1) is 11.3 Å². The first-order valence-electron chi connectivity index (χ1n) is 6.26. The van der Waals surface area contributed by atoms with Gasteiger partial charge in [-0.1, -0.05) is 12.1 Å². The van der Waals surface area contributed by atoms with E-state index in [1.807, 2.05) is 35.8 Å². The molecule has 0 aliphatic carbocycles. The van der Waals surface area contributed by atoms with Crippen LogP contribution in [0.25, 0.3) is 0 Å². The summed E-state index contributed by atoms with van der Waals surface area (Å²) in [5, 5.41) is 3.12. The Labute approximate surface area is 116 Å². The molecule has 1 aliphatic heterocycles. The van der Waals surface area contributed by atoms with E-state index >= 15 is 0 Å². The van der Waals surface area contributed by atoms with Crippen LogP contribution in [0.1, 0.15) is 5.01 Å². The number of aromatic nitrogens is 1. The summed E-state index contributed by atoms with van der Waals surface area (Å²) in [5.74, 6) is 1.67. The molecule has 19 heavy (non-hydrogen) atoms. The van der Waals surface area contributed by atoms with Crippen molar-refractivity contribution in [1.82, 2.24) is 9.88 Å². The van der Waals surface area contributed by atoms with Crippen LogP contribution >= 0.6 is 11.3 Å². The van der Waals surface area contributed by atoms with Gasteiger partial charge >= 0.3 is 0 Å². The highest BCUT2D eigenvalue weighted by atomic mass is 32.1. The Bertz CT molecular complexity index is 530. The smallest absolute Gasteiger partial charge is 0.161 e. The van der Waals surface area contributed by atoms with Crippen molar-refractivity contribution in [2.45, 2.75) is 12.6 Å². The number of hydrogen-bond acceptors (Lipinski definition) is 5. The summed E-state index contributed by atoms with van der Waals surface area (Å²) in [4.78, 5) is 6.50. The van der Waals surface area contributed by atoms with E-state index in [4.69, 9.17) is 9.47 Å². The van der Waals surface area contributed by atoms with Crippen molar-refractivity contribution in [2.75, 3.05) is 20.2 Å². The molecule has 0 N–H and O–H groups in total. The summed E-state index contributed by atoms with van der Waals surface area (Å²) < 4.78 is 11.6. The van der Waals surface area contributed by atoms with Crippen molar-refractivity contribution in [2.24, 2.45) is 0 Å². The van der Waals surface area contributed by atoms with Gasteiger partial charge in [0.1, 0.15) is 17.7 Å². The summed E-state index contributed by atoms with van der Waals surface area (Å²) >= 11 is 1.68. The summed E-state index contributed by atoms with van der Waals surface area (Å²) in [7, 11) is 2.07. The van der Waals surface area contributed by atoms with Crippen molar-refractivity contribution >= 4 is 11.3 Å². The van der Waals surface area contributed by atoms with Crippen LogP contribution in [0.2, 0.25) is 0 Å². The molecule has 1 aromatic heterocycles. The maximum absolute atomic E-state index is 5.94. The highest BCUT2D eigenvalue weighted by molar-refractivity contribution is 7.09. The number of nitrogens with zero attached hydrogens (tertiary/aromatic N) is 2. The first-order chi connectivity index (χ1) is 9.31. The fourth-order valence-corrected chi connectivity index (χ4v) is 2.82. The molecule has 0 spiro atoms. The van der Waals surface area contributed by atoms with Gasteiger partial charge in [-0.2, -0.15) is 0 Å². The Hall–Kier alpha value is -1.59. The normalized spacial score (nSPS) is 17.7. The van der Waals surface area contributed by atoms with Crippen molar-refractivity contribution in [1.29, 1.82) is 0 Å². The Kier molecular flexibility index (Phi) is 3.66. The van der Waals surface area contributed by atoms with E-state index in [9.17, 15) is 0 Å². The predicted octanol–water partition coefficient (Wildman–Crippen LogP) is 2.41. The van der Waals surface area contributed by atoms with Gasteiger partial charge in [0.25, 0.3) is 0 Å². The molecule has 0 bridgehead atoms. The van der Waals surface area contributed by atoms with Crippen molar-refractivity contribution in [3.05, 3.63) is 40.8 Å². The van der Waals surface area contributed by atoms with Gasteiger partial charge in [-0.3, -0.25) is 4.90 Å². The average molecular weight is 276 g/mol. The van der Waals surface area contributed by atoms with Gasteiger partial charge in [0.2, 0.25) is 0 Å². The minimum Gasteiger partial charge on any atom is -0.486 e. The van der Waals surface area contributed by atoms with E-state index in [0.29, 0.717) is 6.61 Å². The van der Waals surface area contributed by atoms with Crippen LogP contribution in [-0.4, -0.2) is 36.2 Å². The summed E-state index contributed by atoms with van der Waals surface area (Å²) in [6.45, 7) is 2.27. The minimum absolute atomic E-state index is 0.0693. The number of fused-ring (bicyclic) bond motifs is 1. The summed E-state index contributed by atoms with van der Waals surface area (Å²) in [6, 6.07) is 7.80. The number of rotatable bonds is 4. The van der Waals surface area contributed by atoms with E-state index in [1.165, 1.54) is 0 Å². The first kappa shape index (κ1) is 12.4. The number of thiazole rings is 1. The van der Waals surface area contributed by atoms with Crippen LogP contribution < -0.4 is 9.47 Å². The molecular weight excluding hydrogens is 260 g/mol. The van der Waals surface area contributed by atoms with E-state index in [2.05, 4.69) is 16.9 Å². The summed E-state index contributed by atoms with van der Waals surface area (Å²) in [6.07, 6.45) is 1.91. The predicted molar refractivity (Wildman–Crippen MR) is 74.8 cm³/mol. The monoisotopic (exact) mass is 276 g/mol. The number of likely N-dealkylation sites (N-methyl/N-ethyl adjacent to an activating group) is 1. The molecule has 2 heterocycles. The number of benzene rings is 1. The molecule has 0 saturated carbocycles. The van der Waals surface area contributed by atoms with Crippen LogP contribution in [0, 0.1) is 0 Å². The second-order valence-corrected chi connectivity index (χ2v) is 5.60. The second-order valence-electron chi connectivity index (χ2n) is 4.62. The Morgan fingerprint density at radius 1 is 1.37 bits per heavy atom. The summed E-state index contributed by atoms with van der Waals surface area (Å²) in [5.41, 5.74) is 0. The van der Waals surface area contributed by atoms with Gasteiger partial charge in [-0.05, 0) is 19.2 Å². The van der Waals surface area contributed by atoms with Gasteiger partial charge in [0.05, 0.1) is 6.54 Å². The third-order valence-corrected chi connectivity index (χ3v) is 3.74. The quantitative estimate of drug-likeness (QED) is 0.859. The van der Waals surface area contributed by atoms with Crippen LogP contribution in [-0.2, 0) is 6.54 Å². The Morgan fingerprint density at radius 2 is 2.21 bits per heavy atom. The molecule has 0 fully saturated rings. The fraction of sp³-hybridized carbons (Fsp3) is 0.357. The lowest BCUT2D eigenvalue weighted by Crippen LogP contribution is -2.39. The maximum Gasteiger partial charge on any atom is 0.161 e. The van der Waals surface area contributed by atoms with E-state index in [1.54, 1.807) is 11.3 Å². The molecular formula is C14H16N2O2S. The molecule has 3 rings (SSSR count). The van der Waals surface area contributed by atoms with Crippen molar-refractivity contribution in [3.63, 3.8) is 0 Å². The lowest BCUT2D eigenvalue weighted by Gasteiger charge is -2.29. The lowest BCUT2D eigenvalue weighted by atomic mass is 10.2. The Morgan fingerprint density at radius 3 is 3.00 bits per heavy atom. The molecule has 1 aromatic carbocycles. The van der Waals surface area contributed by atoms with Crippen LogP contribution in [0.5, 0.6) is 11.5 Å². The second kappa shape index (κ2) is 5.59. The zero-order valence-electron chi connectivity index (χ0n) is 10.8. The minimum atomic E-state index is 0.0693. The maximum atomic E-state index is 5.94. The van der Waals surface area contributed by atoms with Crippen molar-refractivity contribution in [3.8, 4) is 11.5 Å². The standard InChI is InChI=1S/C14H16N2O2S/c1-16(9-14-15-6-7-19-14)8-11-10-17-12-4-2-3-5-13(12)18-11/h2-7,11H,8-10H2,1H3/t11-/m0/s1. The molecule has 0 amide bonds. The van der Waals surface area contributed by atoms with Gasteiger partial charge in [0, 0.05) is 18.1 Å². The van der Waals surface area contributed by atoms with E-state index < -0.39 is 0 Å². The van der Waals surface area contributed by atoms with Crippen molar-refractivity contribution < 1.29 is 9.47 Å². The molecule has 4 nitrogen and oxygen atoms in total. The van der Waals surface area contributed by atoms with E-state index in [-0.39, 0.29) is 6.10 Å². The van der Waals surface area contributed by atoms with Gasteiger partial charge in [-0.25, -0.2) is 4.98 Å². The number of hydrogen-bond donors (Lipinski definition) is 0. The van der Waals surface area contributed by atoms with Crippen LogP contribution in [0.3, 0.4) is 0 Å². The lowest BCUT2D eigenvalue weighted by molar-refractivity contribution is 0.0638. The highest BCUT2D eigenvalue weighted by Gasteiger charge is 2.22. The van der Waals surface area contributed by atoms with Gasteiger partial charge < -0.3 is 9.47 Å². The third kappa shape index (κ3) is 3.05. The molecule has 0 radical (unpaired) electrons.